The number of fused-ring (bicyclic) bond motifs is 2. The number of nitrogens with zero attached hydrogens (tertiary/aromatic N) is 2. The number of hydrogen-bond donors (Lipinski definition) is 1. The van der Waals surface area contributed by atoms with Gasteiger partial charge in [-0.25, -0.2) is 0 Å². The van der Waals surface area contributed by atoms with Crippen LogP contribution in [0.1, 0.15) is 12.5 Å². The average molecular weight is 353 g/mol. The molecule has 1 N–H and O–H groups in total. The predicted octanol–water partition coefficient (Wildman–Crippen LogP) is 1.87. The Hall–Kier alpha value is -3.22. The number of ether oxygens (including phenoxy) is 2. The third-order valence-corrected chi connectivity index (χ3v) is 4.47. The lowest BCUT2D eigenvalue weighted by molar-refractivity contribution is -0.121. The molecule has 0 spiro atoms. The second-order valence-electron chi connectivity index (χ2n) is 6.12. The fourth-order valence-electron chi connectivity index (χ4n) is 3.09. The van der Waals surface area contributed by atoms with Gasteiger partial charge in [0.25, 0.3) is 5.56 Å². The van der Waals surface area contributed by atoms with Crippen LogP contribution in [0, 0.1) is 0 Å². The molecule has 3 heterocycles. The topological polar surface area (TPSA) is 74.5 Å². The summed E-state index contributed by atoms with van der Waals surface area (Å²) in [6, 6.07) is 9.30. The minimum Gasteiger partial charge on any atom is -0.454 e. The summed E-state index contributed by atoms with van der Waals surface area (Å²) in [5, 5.41) is 3.72. The molecule has 1 amide bonds. The van der Waals surface area contributed by atoms with Gasteiger partial charge in [-0.05, 0) is 36.8 Å². The van der Waals surface area contributed by atoms with E-state index >= 15 is 0 Å². The molecule has 7 nitrogen and oxygen atoms in total. The molecule has 0 saturated heterocycles. The Kier molecular flexibility index (Phi) is 4.12. The van der Waals surface area contributed by atoms with Gasteiger partial charge in [-0.3, -0.25) is 9.59 Å². The Bertz CT molecular complexity index is 1030. The van der Waals surface area contributed by atoms with E-state index in [2.05, 4.69) is 5.32 Å². The van der Waals surface area contributed by atoms with Crippen LogP contribution >= 0.6 is 0 Å². The largest absolute Gasteiger partial charge is 0.454 e. The van der Waals surface area contributed by atoms with Crippen LogP contribution in [-0.2, 0) is 24.4 Å². The van der Waals surface area contributed by atoms with Gasteiger partial charge in [0.1, 0.15) is 12.1 Å². The van der Waals surface area contributed by atoms with E-state index in [1.54, 1.807) is 6.20 Å². The van der Waals surface area contributed by atoms with Crippen LogP contribution in [0.5, 0.6) is 11.5 Å². The predicted molar refractivity (Wildman–Crippen MR) is 96.3 cm³/mol. The second kappa shape index (κ2) is 6.59. The first-order valence-electron chi connectivity index (χ1n) is 8.49. The molecule has 3 aromatic rings. The van der Waals surface area contributed by atoms with Crippen LogP contribution in [-0.4, -0.2) is 21.8 Å². The number of nitrogens with one attached hydrogen (secondary N) is 1. The number of aryl methyl sites for hydroxylation is 1. The number of carbonyl (C=O) groups is 1. The van der Waals surface area contributed by atoms with Gasteiger partial charge in [0.15, 0.2) is 11.5 Å². The Morgan fingerprint density at radius 2 is 1.88 bits per heavy atom. The van der Waals surface area contributed by atoms with Gasteiger partial charge >= 0.3 is 0 Å². The monoisotopic (exact) mass is 353 g/mol. The van der Waals surface area contributed by atoms with Gasteiger partial charge in [0.2, 0.25) is 12.7 Å². The van der Waals surface area contributed by atoms with Crippen molar-refractivity contribution in [1.29, 1.82) is 0 Å². The van der Waals surface area contributed by atoms with Gasteiger partial charge in [0, 0.05) is 30.9 Å². The van der Waals surface area contributed by atoms with Crippen LogP contribution in [0.25, 0.3) is 10.9 Å². The maximum Gasteiger partial charge on any atom is 0.275 e. The molecule has 0 saturated carbocycles. The summed E-state index contributed by atoms with van der Waals surface area (Å²) in [4.78, 5) is 24.9. The number of rotatable bonds is 5. The fraction of sp³-hybridized carbons (Fsp3) is 0.263. The first kappa shape index (κ1) is 16.3. The highest BCUT2D eigenvalue weighted by Crippen LogP contribution is 2.32. The molecule has 2 aromatic heterocycles. The van der Waals surface area contributed by atoms with Gasteiger partial charge < -0.3 is 23.9 Å². The molecular weight excluding hydrogens is 334 g/mol. The van der Waals surface area contributed by atoms with Crippen molar-refractivity contribution in [3.8, 4) is 11.5 Å². The van der Waals surface area contributed by atoms with Crippen molar-refractivity contribution in [1.82, 2.24) is 14.5 Å². The molecule has 0 bridgehead atoms. The summed E-state index contributed by atoms with van der Waals surface area (Å²) in [6.07, 6.45) is 3.54. The zero-order valence-electron chi connectivity index (χ0n) is 14.4. The zero-order chi connectivity index (χ0) is 18.1. The van der Waals surface area contributed by atoms with Gasteiger partial charge in [-0.15, -0.1) is 0 Å². The van der Waals surface area contributed by atoms with Crippen molar-refractivity contribution in [3.63, 3.8) is 0 Å². The molecule has 1 aliphatic heterocycles. The number of carbonyl (C=O) groups excluding carboxylic acids is 1. The van der Waals surface area contributed by atoms with E-state index in [0.717, 1.165) is 10.9 Å². The highest BCUT2D eigenvalue weighted by Gasteiger charge is 2.14. The molecule has 0 radical (unpaired) electrons. The van der Waals surface area contributed by atoms with E-state index in [9.17, 15) is 9.59 Å². The molecule has 0 aliphatic carbocycles. The van der Waals surface area contributed by atoms with Crippen LogP contribution in [0.4, 0.5) is 0 Å². The normalized spacial score (nSPS) is 12.5. The molecule has 1 aromatic carbocycles. The second-order valence-corrected chi connectivity index (χ2v) is 6.12. The molecule has 7 heteroatoms. The Morgan fingerprint density at radius 3 is 2.69 bits per heavy atom. The van der Waals surface area contributed by atoms with E-state index in [-0.39, 0.29) is 24.8 Å². The molecule has 0 unspecified atom stereocenters. The molecule has 0 fully saturated rings. The summed E-state index contributed by atoms with van der Waals surface area (Å²) in [5.41, 5.74) is 1.37. The lowest BCUT2D eigenvalue weighted by Gasteiger charge is -2.09. The Balaban J connectivity index is 1.46. The summed E-state index contributed by atoms with van der Waals surface area (Å²) in [5.74, 6) is 1.16. The average Bonchev–Trinajstić information content (AvgIpc) is 3.28. The first-order valence-corrected chi connectivity index (χ1v) is 8.49. The first-order chi connectivity index (χ1) is 12.7. The highest BCUT2D eigenvalue weighted by molar-refractivity contribution is 5.80. The number of amides is 1. The fourth-order valence-corrected chi connectivity index (χ4v) is 3.09. The van der Waals surface area contributed by atoms with Crippen molar-refractivity contribution < 1.29 is 14.3 Å². The Morgan fingerprint density at radius 1 is 1.12 bits per heavy atom. The van der Waals surface area contributed by atoms with E-state index in [0.29, 0.717) is 30.1 Å². The minimum absolute atomic E-state index is 0.0196. The van der Waals surface area contributed by atoms with Gasteiger partial charge in [0.05, 0.1) is 0 Å². The van der Waals surface area contributed by atoms with E-state index in [1.165, 1.54) is 4.57 Å². The van der Waals surface area contributed by atoms with Crippen LogP contribution in [0.3, 0.4) is 0 Å². The SMILES string of the molecule is CCn1ccc2ccn(CC(=O)NCc3ccc4c(c3)OCO4)c(=O)c21. The quantitative estimate of drug-likeness (QED) is 0.760. The van der Waals surface area contributed by atoms with Crippen LogP contribution in [0.15, 0.2) is 47.5 Å². The standard InChI is InChI=1S/C19H19N3O4/c1-2-21-7-5-14-6-8-22(19(24)18(14)21)11-17(23)20-10-13-3-4-15-16(9-13)26-12-25-15/h3-9H,2,10-12H2,1H3,(H,20,23). The number of aromatic nitrogens is 2. The van der Waals surface area contributed by atoms with E-state index in [4.69, 9.17) is 9.47 Å². The lowest BCUT2D eigenvalue weighted by atomic mass is 10.2. The summed E-state index contributed by atoms with van der Waals surface area (Å²) < 4.78 is 13.9. The summed E-state index contributed by atoms with van der Waals surface area (Å²) in [7, 11) is 0. The smallest absolute Gasteiger partial charge is 0.275 e. The molecule has 4 rings (SSSR count). The summed E-state index contributed by atoms with van der Waals surface area (Å²) >= 11 is 0. The maximum absolute atomic E-state index is 12.6. The van der Waals surface area contributed by atoms with Gasteiger partial charge in [-0.1, -0.05) is 6.07 Å². The van der Waals surface area contributed by atoms with Crippen LogP contribution < -0.4 is 20.3 Å². The summed E-state index contributed by atoms with van der Waals surface area (Å²) in [6.45, 7) is 3.25. The highest BCUT2D eigenvalue weighted by atomic mass is 16.7. The van der Waals surface area contributed by atoms with Crippen molar-refractivity contribution in [3.05, 3.63) is 58.6 Å². The minimum atomic E-state index is -0.223. The molecule has 134 valence electrons. The Labute approximate surface area is 149 Å². The molecule has 0 atom stereocenters. The third-order valence-electron chi connectivity index (χ3n) is 4.47. The number of benzene rings is 1. The zero-order valence-corrected chi connectivity index (χ0v) is 14.4. The van der Waals surface area contributed by atoms with Crippen molar-refractivity contribution >= 4 is 16.8 Å². The van der Waals surface area contributed by atoms with Gasteiger partial charge in [-0.2, -0.15) is 0 Å². The number of hydrogen-bond acceptors (Lipinski definition) is 4. The van der Waals surface area contributed by atoms with Crippen molar-refractivity contribution in [2.24, 2.45) is 0 Å². The van der Waals surface area contributed by atoms with Crippen molar-refractivity contribution in [2.75, 3.05) is 6.79 Å². The van der Waals surface area contributed by atoms with Crippen LogP contribution in [0.2, 0.25) is 0 Å². The third kappa shape index (κ3) is 2.92. The van der Waals surface area contributed by atoms with Crippen molar-refractivity contribution in [2.45, 2.75) is 26.6 Å². The lowest BCUT2D eigenvalue weighted by Crippen LogP contribution is -2.32. The van der Waals surface area contributed by atoms with E-state index in [1.807, 2.05) is 48.0 Å². The molecule has 1 aliphatic rings. The molecular formula is C19H19N3O4. The number of pyridine rings is 1. The molecule has 26 heavy (non-hydrogen) atoms. The van der Waals surface area contributed by atoms with E-state index < -0.39 is 0 Å². The maximum atomic E-state index is 12.6.